The van der Waals surface area contributed by atoms with Gasteiger partial charge in [-0.1, -0.05) is 0 Å². The van der Waals surface area contributed by atoms with Gasteiger partial charge < -0.3 is 0 Å². The minimum atomic E-state index is -4.14. The van der Waals surface area contributed by atoms with Gasteiger partial charge in [0, 0.05) is 5.56 Å². The summed E-state index contributed by atoms with van der Waals surface area (Å²) in [7, 11) is -4.14. The largest absolute Gasteiger partial charge is 0.228 e. The number of primary sulfonamides is 1. The number of benzene rings is 1. The van der Waals surface area contributed by atoms with Gasteiger partial charge in [-0.05, 0) is 6.07 Å². The summed E-state index contributed by atoms with van der Waals surface area (Å²) in [5.41, 5.74) is -0.853. The highest BCUT2D eigenvalue weighted by atomic mass is 32.2. The average molecular weight is 243 g/mol. The summed E-state index contributed by atoms with van der Waals surface area (Å²) < 4.78 is 71.6. The lowest BCUT2D eigenvalue weighted by Gasteiger charge is -2.04. The van der Waals surface area contributed by atoms with Gasteiger partial charge in [0.1, 0.15) is 0 Å². The summed E-state index contributed by atoms with van der Waals surface area (Å²) in [6.45, 7) is 0. The first-order valence-electron chi connectivity index (χ1n) is 3.54. The summed E-state index contributed by atoms with van der Waals surface area (Å²) in [4.78, 5) is 0. The second kappa shape index (κ2) is 3.78. The highest BCUT2D eigenvalue weighted by molar-refractivity contribution is 7.88. The van der Waals surface area contributed by atoms with E-state index in [9.17, 15) is 26.0 Å². The van der Waals surface area contributed by atoms with Crippen molar-refractivity contribution in [2.24, 2.45) is 5.14 Å². The van der Waals surface area contributed by atoms with Gasteiger partial charge in [0.05, 0.1) is 5.75 Å². The van der Waals surface area contributed by atoms with Crippen molar-refractivity contribution < 1.29 is 26.0 Å². The Kier molecular flexibility index (Phi) is 3.00. The van der Waals surface area contributed by atoms with Crippen LogP contribution in [0.4, 0.5) is 17.6 Å². The molecule has 8 heteroatoms. The zero-order valence-corrected chi connectivity index (χ0v) is 7.91. The van der Waals surface area contributed by atoms with E-state index >= 15 is 0 Å². The fourth-order valence-electron chi connectivity index (χ4n) is 0.944. The molecule has 2 N–H and O–H groups in total. The molecule has 0 heterocycles. The smallest absolute Gasteiger partial charge is 0.213 e. The average Bonchev–Trinajstić information content (AvgIpc) is 2.08. The first-order chi connectivity index (χ1) is 6.72. The summed E-state index contributed by atoms with van der Waals surface area (Å²) >= 11 is 0. The van der Waals surface area contributed by atoms with E-state index in [4.69, 9.17) is 0 Å². The maximum atomic E-state index is 12.9. The molecule has 0 spiro atoms. The van der Waals surface area contributed by atoms with Crippen LogP contribution in [0.5, 0.6) is 0 Å². The van der Waals surface area contributed by atoms with Gasteiger partial charge in [0.15, 0.2) is 23.3 Å². The second-order valence-corrected chi connectivity index (χ2v) is 4.38. The molecule has 1 aromatic rings. The third-order valence-corrected chi connectivity index (χ3v) is 2.25. The van der Waals surface area contributed by atoms with Crippen LogP contribution in [0.2, 0.25) is 0 Å². The molecule has 0 bridgehead atoms. The summed E-state index contributed by atoms with van der Waals surface area (Å²) in [5.74, 6) is -8.60. The molecule has 0 aliphatic rings. The predicted octanol–water partition coefficient (Wildman–Crippen LogP) is 1.03. The molecule has 0 fully saturated rings. The fourth-order valence-corrected chi connectivity index (χ4v) is 1.59. The first kappa shape index (κ1) is 11.9. The van der Waals surface area contributed by atoms with E-state index in [1.165, 1.54) is 0 Å². The molecule has 15 heavy (non-hydrogen) atoms. The molecule has 0 aromatic heterocycles. The van der Waals surface area contributed by atoms with Crippen LogP contribution in [0.1, 0.15) is 5.56 Å². The lowest BCUT2D eigenvalue weighted by Crippen LogP contribution is -2.16. The number of rotatable bonds is 2. The molecule has 0 radical (unpaired) electrons. The molecule has 0 aliphatic carbocycles. The van der Waals surface area contributed by atoms with Crippen LogP contribution < -0.4 is 5.14 Å². The van der Waals surface area contributed by atoms with Gasteiger partial charge in [0.25, 0.3) is 0 Å². The Balaban J connectivity index is 3.33. The Labute approximate surface area is 82.6 Å². The van der Waals surface area contributed by atoms with Crippen LogP contribution in [0, 0.1) is 23.3 Å². The summed E-state index contributed by atoms with van der Waals surface area (Å²) in [6.07, 6.45) is 0. The summed E-state index contributed by atoms with van der Waals surface area (Å²) in [5, 5.41) is 4.54. The Bertz CT molecular complexity index is 500. The van der Waals surface area contributed by atoms with Crippen LogP contribution in [0.15, 0.2) is 6.07 Å². The molecule has 0 amide bonds. The van der Waals surface area contributed by atoms with Crippen molar-refractivity contribution in [3.63, 3.8) is 0 Å². The summed E-state index contributed by atoms with van der Waals surface area (Å²) in [6, 6.07) is 0.248. The molecule has 0 saturated carbocycles. The van der Waals surface area contributed by atoms with E-state index in [0.717, 1.165) is 0 Å². The SMILES string of the molecule is NS(=O)(=O)Cc1cc(F)c(F)c(F)c1F. The Morgan fingerprint density at radius 2 is 1.60 bits per heavy atom. The van der Waals surface area contributed by atoms with Gasteiger partial charge >= 0.3 is 0 Å². The van der Waals surface area contributed by atoms with Crippen LogP contribution in [-0.2, 0) is 15.8 Å². The standard InChI is InChI=1S/C7H5F4NO2S/c8-4-1-3(2-15(12,13)14)5(9)7(11)6(4)10/h1H,2H2,(H2,12,13,14). The number of hydrogen-bond donors (Lipinski definition) is 1. The van der Waals surface area contributed by atoms with Crippen molar-refractivity contribution in [3.8, 4) is 0 Å². The quantitative estimate of drug-likeness (QED) is 0.479. The Hall–Kier alpha value is -1.15. The van der Waals surface area contributed by atoms with Crippen LogP contribution in [-0.4, -0.2) is 8.42 Å². The minimum Gasteiger partial charge on any atom is -0.228 e. The van der Waals surface area contributed by atoms with Gasteiger partial charge in [-0.2, -0.15) is 0 Å². The predicted molar refractivity (Wildman–Crippen MR) is 43.1 cm³/mol. The van der Waals surface area contributed by atoms with E-state index < -0.39 is 44.6 Å². The van der Waals surface area contributed by atoms with Crippen molar-refractivity contribution in [2.75, 3.05) is 0 Å². The molecule has 84 valence electrons. The molecular formula is C7H5F4NO2S. The van der Waals surface area contributed by atoms with Gasteiger partial charge in [0.2, 0.25) is 10.0 Å². The van der Waals surface area contributed by atoms with Crippen LogP contribution in [0.25, 0.3) is 0 Å². The Morgan fingerprint density at radius 1 is 1.07 bits per heavy atom. The maximum Gasteiger partial charge on any atom is 0.213 e. The highest BCUT2D eigenvalue weighted by Gasteiger charge is 2.20. The van der Waals surface area contributed by atoms with Crippen molar-refractivity contribution in [1.29, 1.82) is 0 Å². The number of nitrogens with two attached hydrogens (primary N) is 1. The topological polar surface area (TPSA) is 60.2 Å². The van der Waals surface area contributed by atoms with E-state index in [1.54, 1.807) is 0 Å². The van der Waals surface area contributed by atoms with Crippen molar-refractivity contribution in [2.45, 2.75) is 5.75 Å². The zero-order chi connectivity index (χ0) is 11.8. The molecule has 1 rings (SSSR count). The maximum absolute atomic E-state index is 12.9. The molecule has 0 atom stereocenters. The monoisotopic (exact) mass is 243 g/mol. The van der Waals surface area contributed by atoms with E-state index in [0.29, 0.717) is 0 Å². The first-order valence-corrected chi connectivity index (χ1v) is 5.26. The van der Waals surface area contributed by atoms with Crippen molar-refractivity contribution >= 4 is 10.0 Å². The third-order valence-electron chi connectivity index (χ3n) is 1.53. The number of sulfonamides is 1. The van der Waals surface area contributed by atoms with Crippen LogP contribution >= 0.6 is 0 Å². The van der Waals surface area contributed by atoms with Crippen molar-refractivity contribution in [3.05, 3.63) is 34.9 Å². The molecule has 0 saturated heterocycles. The van der Waals surface area contributed by atoms with Gasteiger partial charge in [-0.15, -0.1) is 0 Å². The molecule has 0 unspecified atom stereocenters. The van der Waals surface area contributed by atoms with E-state index in [1.807, 2.05) is 0 Å². The molecular weight excluding hydrogens is 238 g/mol. The highest BCUT2D eigenvalue weighted by Crippen LogP contribution is 2.19. The van der Waals surface area contributed by atoms with E-state index in [2.05, 4.69) is 5.14 Å². The minimum absolute atomic E-state index is 0.248. The van der Waals surface area contributed by atoms with Gasteiger partial charge in [-0.25, -0.2) is 31.1 Å². The number of halogens is 4. The zero-order valence-electron chi connectivity index (χ0n) is 7.10. The second-order valence-electron chi connectivity index (χ2n) is 2.77. The molecule has 1 aromatic carbocycles. The third kappa shape index (κ3) is 2.66. The van der Waals surface area contributed by atoms with Crippen LogP contribution in [0.3, 0.4) is 0 Å². The fraction of sp³-hybridized carbons (Fsp3) is 0.143. The van der Waals surface area contributed by atoms with Gasteiger partial charge in [-0.3, -0.25) is 0 Å². The van der Waals surface area contributed by atoms with E-state index in [-0.39, 0.29) is 6.07 Å². The lowest BCUT2D eigenvalue weighted by atomic mass is 10.2. The lowest BCUT2D eigenvalue weighted by molar-refractivity contribution is 0.405. The van der Waals surface area contributed by atoms with Crippen molar-refractivity contribution in [1.82, 2.24) is 0 Å². The normalized spacial score (nSPS) is 11.8. The number of hydrogen-bond acceptors (Lipinski definition) is 2. The molecule has 0 aliphatic heterocycles. The molecule has 3 nitrogen and oxygen atoms in total. The Morgan fingerprint density at radius 3 is 2.07 bits per heavy atom.